The quantitative estimate of drug-likeness (QED) is 0.644. The molecule has 1 aromatic carbocycles. The predicted octanol–water partition coefficient (Wildman–Crippen LogP) is 3.06. The lowest BCUT2D eigenvalue weighted by molar-refractivity contribution is 0.0816. The van der Waals surface area contributed by atoms with Crippen LogP contribution in [0.5, 0.6) is 0 Å². The molecule has 2 aromatic heterocycles. The van der Waals surface area contributed by atoms with E-state index in [0.717, 1.165) is 38.7 Å². The van der Waals surface area contributed by atoms with Crippen LogP contribution in [0.2, 0.25) is 0 Å². The van der Waals surface area contributed by atoms with Crippen molar-refractivity contribution in [1.29, 1.82) is 0 Å². The number of rotatable bonds is 4. The van der Waals surface area contributed by atoms with Gasteiger partial charge in [-0.25, -0.2) is 17.7 Å². The zero-order chi connectivity index (χ0) is 19.2. The van der Waals surface area contributed by atoms with E-state index in [1.165, 1.54) is 22.9 Å². The minimum atomic E-state index is -3.76. The molecule has 140 valence electrons. The highest BCUT2D eigenvalue weighted by atomic mass is 32.2. The van der Waals surface area contributed by atoms with Crippen LogP contribution in [0.4, 0.5) is 0 Å². The van der Waals surface area contributed by atoms with Gasteiger partial charge in [-0.1, -0.05) is 28.8 Å². The van der Waals surface area contributed by atoms with Crippen LogP contribution >= 0.6 is 22.9 Å². The maximum atomic E-state index is 13.1. The lowest BCUT2D eigenvalue weighted by Crippen LogP contribution is -2.38. The number of benzene rings is 1. The van der Waals surface area contributed by atoms with Gasteiger partial charge in [-0.05, 0) is 42.4 Å². The Labute approximate surface area is 164 Å². The van der Waals surface area contributed by atoms with E-state index in [9.17, 15) is 13.2 Å². The van der Waals surface area contributed by atoms with E-state index in [0.29, 0.717) is 11.4 Å². The molecule has 1 amide bonds. The van der Waals surface area contributed by atoms with Crippen LogP contribution in [0.25, 0.3) is 9.88 Å². The molecule has 0 saturated carbocycles. The highest BCUT2D eigenvalue weighted by Crippen LogP contribution is 2.38. The second-order valence-corrected chi connectivity index (χ2v) is 9.81. The van der Waals surface area contributed by atoms with Gasteiger partial charge in [0.2, 0.25) is 10.0 Å². The van der Waals surface area contributed by atoms with Crippen molar-refractivity contribution in [1.82, 2.24) is 18.9 Å². The Morgan fingerprint density at radius 1 is 1.30 bits per heavy atom. The molecular formula is C17H16N4O3S3. The van der Waals surface area contributed by atoms with Crippen molar-refractivity contribution < 1.29 is 13.2 Å². The first-order chi connectivity index (χ1) is 12.9. The van der Waals surface area contributed by atoms with E-state index >= 15 is 0 Å². The molecule has 0 fully saturated rings. The van der Waals surface area contributed by atoms with Gasteiger partial charge in [0, 0.05) is 5.38 Å². The lowest BCUT2D eigenvalue weighted by Gasteiger charge is -2.26. The maximum absolute atomic E-state index is 13.1. The third-order valence-electron chi connectivity index (χ3n) is 4.51. The predicted molar refractivity (Wildman–Crippen MR) is 104 cm³/mol. The number of aromatic nitrogens is 3. The molecule has 0 aliphatic heterocycles. The molecule has 0 saturated heterocycles. The van der Waals surface area contributed by atoms with Gasteiger partial charge in [-0.15, -0.1) is 16.4 Å². The molecule has 27 heavy (non-hydrogen) atoms. The van der Waals surface area contributed by atoms with Crippen molar-refractivity contribution in [2.24, 2.45) is 0 Å². The van der Waals surface area contributed by atoms with Crippen LogP contribution in [0.3, 0.4) is 0 Å². The van der Waals surface area contributed by atoms with Gasteiger partial charge >= 0.3 is 0 Å². The van der Waals surface area contributed by atoms with E-state index in [2.05, 4.69) is 14.6 Å². The first kappa shape index (κ1) is 18.2. The molecule has 1 atom stereocenters. The smallest absolute Gasteiger partial charge is 0.266 e. The molecule has 2 heterocycles. The average Bonchev–Trinajstić information content (AvgIpc) is 3.33. The van der Waals surface area contributed by atoms with Crippen molar-refractivity contribution >= 4 is 38.8 Å². The molecule has 10 heteroatoms. The molecular weight excluding hydrogens is 404 g/mol. The number of carbonyl (C=O) groups excluding carboxylic acids is 1. The van der Waals surface area contributed by atoms with Crippen LogP contribution in [0.1, 0.15) is 39.8 Å². The number of nitrogens with zero attached hydrogens (tertiary/aromatic N) is 4. The second-order valence-electron chi connectivity index (χ2n) is 6.34. The van der Waals surface area contributed by atoms with Crippen molar-refractivity contribution in [2.45, 2.75) is 25.8 Å². The van der Waals surface area contributed by atoms with Gasteiger partial charge in [0.1, 0.15) is 15.6 Å². The van der Waals surface area contributed by atoms with Gasteiger partial charge in [0.25, 0.3) is 5.91 Å². The van der Waals surface area contributed by atoms with Gasteiger partial charge in [-0.2, -0.15) is 0 Å². The van der Waals surface area contributed by atoms with Crippen molar-refractivity contribution in [3.05, 3.63) is 52.2 Å². The summed E-state index contributed by atoms with van der Waals surface area (Å²) in [5.74, 6) is -0.600. The Balaban J connectivity index is 1.72. The Bertz CT molecular complexity index is 1120. The van der Waals surface area contributed by atoms with E-state index in [4.69, 9.17) is 0 Å². The number of amides is 1. The molecule has 0 bridgehead atoms. The Hall–Kier alpha value is -2.17. The summed E-state index contributed by atoms with van der Waals surface area (Å²) in [5, 5.41) is 6.16. The number of hydrogen-bond acceptors (Lipinski definition) is 8. The number of hydrogen-bond donors (Lipinski definition) is 0. The van der Waals surface area contributed by atoms with Crippen molar-refractivity contribution in [3.8, 4) is 9.88 Å². The van der Waals surface area contributed by atoms with Gasteiger partial charge in [0.15, 0.2) is 0 Å². The van der Waals surface area contributed by atoms with Crippen molar-refractivity contribution in [2.75, 3.05) is 6.26 Å². The summed E-state index contributed by atoms with van der Waals surface area (Å²) in [7, 11) is -3.76. The van der Waals surface area contributed by atoms with Crippen molar-refractivity contribution in [3.63, 3.8) is 0 Å². The van der Waals surface area contributed by atoms with Gasteiger partial charge < -0.3 is 0 Å². The molecule has 1 unspecified atom stereocenters. The highest BCUT2D eigenvalue weighted by Gasteiger charge is 2.38. The topological polar surface area (TPSA) is 93.1 Å². The summed E-state index contributed by atoms with van der Waals surface area (Å²) < 4.78 is 29.9. The summed E-state index contributed by atoms with van der Waals surface area (Å²) >= 11 is 2.48. The molecule has 0 N–H and O–H groups in total. The standard InChI is InChI=1S/C17H16N4O3S3/c1-10-15(26-20-19-10)16-18-13(9-25-16)17(22)21(27(2,23)24)14-8-7-11-5-3-4-6-12(11)14/h3-6,9,14H,7-8H2,1-2H3. The zero-order valence-electron chi connectivity index (χ0n) is 14.6. The number of carbonyl (C=O) groups is 1. The fourth-order valence-electron chi connectivity index (χ4n) is 3.32. The third-order valence-corrected chi connectivity index (χ3v) is 7.47. The van der Waals surface area contributed by atoms with Crippen LogP contribution in [-0.2, 0) is 16.4 Å². The fourth-order valence-corrected chi connectivity index (χ4v) is 5.97. The summed E-state index contributed by atoms with van der Waals surface area (Å²) in [6.07, 6.45) is 2.39. The Kier molecular flexibility index (Phi) is 4.57. The number of aryl methyl sites for hydroxylation is 2. The van der Waals surface area contributed by atoms with Gasteiger partial charge in [0.05, 0.1) is 18.0 Å². The summed E-state index contributed by atoms with van der Waals surface area (Å²) in [6, 6.07) is 7.15. The molecule has 3 aromatic rings. The molecule has 1 aliphatic rings. The van der Waals surface area contributed by atoms with E-state index in [-0.39, 0.29) is 5.69 Å². The monoisotopic (exact) mass is 420 g/mol. The van der Waals surface area contributed by atoms with Crippen LogP contribution in [0, 0.1) is 6.92 Å². The third kappa shape index (κ3) is 3.28. The molecule has 0 radical (unpaired) electrons. The average molecular weight is 421 g/mol. The van der Waals surface area contributed by atoms with E-state index < -0.39 is 22.0 Å². The largest absolute Gasteiger partial charge is 0.287 e. The Morgan fingerprint density at radius 3 is 2.78 bits per heavy atom. The number of thiazole rings is 1. The zero-order valence-corrected chi connectivity index (χ0v) is 17.1. The summed E-state index contributed by atoms with van der Waals surface area (Å²) in [4.78, 5) is 18.3. The first-order valence-corrected chi connectivity index (χ1v) is 11.7. The maximum Gasteiger partial charge on any atom is 0.287 e. The normalized spacial score (nSPS) is 16.3. The van der Waals surface area contributed by atoms with Crippen LogP contribution in [0.15, 0.2) is 29.6 Å². The van der Waals surface area contributed by atoms with Crippen LogP contribution in [-0.4, -0.2) is 39.5 Å². The highest BCUT2D eigenvalue weighted by molar-refractivity contribution is 7.88. The lowest BCUT2D eigenvalue weighted by atomic mass is 10.1. The molecule has 0 spiro atoms. The SMILES string of the molecule is Cc1nnsc1-c1nc(C(=O)N(C2CCc3ccccc32)S(C)(=O)=O)cs1. The minimum absolute atomic E-state index is 0.123. The second kappa shape index (κ2) is 6.77. The van der Waals surface area contributed by atoms with E-state index in [1.807, 2.05) is 31.2 Å². The first-order valence-electron chi connectivity index (χ1n) is 8.22. The fraction of sp³-hybridized carbons (Fsp3) is 0.294. The van der Waals surface area contributed by atoms with E-state index in [1.54, 1.807) is 5.38 Å². The minimum Gasteiger partial charge on any atom is -0.266 e. The van der Waals surface area contributed by atoms with Gasteiger partial charge in [-0.3, -0.25) is 4.79 Å². The molecule has 7 nitrogen and oxygen atoms in total. The molecule has 4 rings (SSSR count). The van der Waals surface area contributed by atoms with Crippen LogP contribution < -0.4 is 0 Å². The number of fused-ring (bicyclic) bond motifs is 1. The summed E-state index contributed by atoms with van der Waals surface area (Å²) in [6.45, 7) is 1.82. The molecule has 1 aliphatic carbocycles. The Morgan fingerprint density at radius 2 is 2.07 bits per heavy atom. The number of sulfonamides is 1. The summed E-state index contributed by atoms with van der Waals surface area (Å²) in [5.41, 5.74) is 2.82.